The van der Waals surface area contributed by atoms with Gasteiger partial charge in [-0.05, 0) is 92.3 Å². The summed E-state index contributed by atoms with van der Waals surface area (Å²) in [6.07, 6.45) is 8.79. The highest BCUT2D eigenvalue weighted by molar-refractivity contribution is 5.69. The first-order valence-corrected chi connectivity index (χ1v) is 13.4. The number of rotatable bonds is 5. The quantitative estimate of drug-likeness (QED) is 0.395. The molecule has 0 spiro atoms. The highest BCUT2D eigenvalue weighted by atomic mass is 16.5. The predicted octanol–water partition coefficient (Wildman–Crippen LogP) is 5.32. The van der Waals surface area contributed by atoms with Gasteiger partial charge in [-0.3, -0.25) is 14.4 Å². The van der Waals surface area contributed by atoms with Gasteiger partial charge in [0, 0.05) is 25.7 Å². The SMILES string of the molecule is COC(=O)C[C@@H](C)[C@H]1CC[C@H]2[C@@H]3CC[C@@H]4C[C@H](OC(C)=O)CC[C@]4(C)[C@H]3C[C@H](OC(C)=O)[C@]12C. The number of esters is 3. The molecule has 0 aromatic rings. The molecule has 34 heavy (non-hydrogen) atoms. The van der Waals surface area contributed by atoms with Crippen LogP contribution in [0.15, 0.2) is 0 Å². The zero-order chi connectivity index (χ0) is 24.8. The fraction of sp³-hybridized carbons (Fsp3) is 0.893. The van der Waals surface area contributed by atoms with Crippen LogP contribution in [0.4, 0.5) is 0 Å². The van der Waals surface area contributed by atoms with Gasteiger partial charge in [-0.1, -0.05) is 20.8 Å². The van der Waals surface area contributed by atoms with E-state index in [-0.39, 0.29) is 46.9 Å². The van der Waals surface area contributed by atoms with Crippen LogP contribution in [0, 0.1) is 46.3 Å². The maximum absolute atomic E-state index is 12.3. The van der Waals surface area contributed by atoms with Gasteiger partial charge >= 0.3 is 17.9 Å². The third-order valence-electron chi connectivity index (χ3n) is 10.8. The van der Waals surface area contributed by atoms with Crippen molar-refractivity contribution in [1.82, 2.24) is 0 Å². The van der Waals surface area contributed by atoms with Crippen molar-refractivity contribution in [1.29, 1.82) is 0 Å². The van der Waals surface area contributed by atoms with Crippen LogP contribution in [0.25, 0.3) is 0 Å². The summed E-state index contributed by atoms with van der Waals surface area (Å²) < 4.78 is 16.7. The molecule has 6 heteroatoms. The Morgan fingerprint density at radius 1 is 0.912 bits per heavy atom. The summed E-state index contributed by atoms with van der Waals surface area (Å²) in [6, 6.07) is 0. The lowest BCUT2D eigenvalue weighted by atomic mass is 9.43. The molecule has 4 rings (SSSR count). The van der Waals surface area contributed by atoms with Gasteiger partial charge in [-0.25, -0.2) is 0 Å². The number of hydrogen-bond donors (Lipinski definition) is 0. The number of carbonyl (C=O) groups is 3. The largest absolute Gasteiger partial charge is 0.469 e. The fourth-order valence-electron chi connectivity index (χ4n) is 9.32. The minimum atomic E-state index is -0.203. The van der Waals surface area contributed by atoms with Crippen LogP contribution in [0.2, 0.25) is 0 Å². The molecule has 0 heterocycles. The van der Waals surface area contributed by atoms with Crippen molar-refractivity contribution >= 4 is 17.9 Å². The van der Waals surface area contributed by atoms with Gasteiger partial charge in [-0.15, -0.1) is 0 Å². The third kappa shape index (κ3) is 4.28. The lowest BCUT2D eigenvalue weighted by molar-refractivity contribution is -0.198. The Kier molecular flexibility index (Phi) is 7.10. The highest BCUT2D eigenvalue weighted by Gasteiger charge is 2.65. The molecule has 4 saturated carbocycles. The number of carbonyl (C=O) groups excluding carboxylic acids is 3. The van der Waals surface area contributed by atoms with E-state index < -0.39 is 0 Å². The van der Waals surface area contributed by atoms with Crippen LogP contribution in [0.1, 0.15) is 92.4 Å². The topological polar surface area (TPSA) is 78.9 Å². The van der Waals surface area contributed by atoms with E-state index in [0.29, 0.717) is 36.0 Å². The molecule has 192 valence electrons. The van der Waals surface area contributed by atoms with Gasteiger partial charge in [0.15, 0.2) is 0 Å². The second-order valence-electron chi connectivity index (χ2n) is 12.3. The van der Waals surface area contributed by atoms with E-state index in [0.717, 1.165) is 38.5 Å². The van der Waals surface area contributed by atoms with Gasteiger partial charge in [0.25, 0.3) is 0 Å². The Labute approximate surface area is 204 Å². The molecular weight excluding hydrogens is 432 g/mol. The van der Waals surface area contributed by atoms with Crippen LogP contribution in [0.5, 0.6) is 0 Å². The van der Waals surface area contributed by atoms with E-state index in [2.05, 4.69) is 20.8 Å². The van der Waals surface area contributed by atoms with Gasteiger partial charge in [0.2, 0.25) is 0 Å². The van der Waals surface area contributed by atoms with Crippen LogP contribution in [-0.4, -0.2) is 37.2 Å². The lowest BCUT2D eigenvalue weighted by Gasteiger charge is -2.62. The Hall–Kier alpha value is -1.59. The van der Waals surface area contributed by atoms with Crippen LogP contribution >= 0.6 is 0 Å². The molecule has 0 aromatic heterocycles. The van der Waals surface area contributed by atoms with Gasteiger partial charge in [0.1, 0.15) is 12.2 Å². The Balaban J connectivity index is 1.61. The molecule has 4 aliphatic carbocycles. The predicted molar refractivity (Wildman–Crippen MR) is 128 cm³/mol. The van der Waals surface area contributed by atoms with E-state index in [1.54, 1.807) is 0 Å². The molecular formula is C28H44O6. The van der Waals surface area contributed by atoms with Gasteiger partial charge in [0.05, 0.1) is 7.11 Å². The number of hydrogen-bond acceptors (Lipinski definition) is 6. The summed E-state index contributed by atoms with van der Waals surface area (Å²) in [7, 11) is 1.45. The zero-order valence-corrected chi connectivity index (χ0v) is 21.9. The molecule has 10 atom stereocenters. The lowest BCUT2D eigenvalue weighted by Crippen LogP contribution is -2.59. The summed E-state index contributed by atoms with van der Waals surface area (Å²) in [5.74, 6) is 2.19. The standard InChI is InChI=1S/C28H44O6/c1-16(13-26(31)32-6)22-9-10-23-21-8-7-19-14-20(33-17(2)29)11-12-27(19,4)24(21)15-25(28(22,23)5)34-18(3)30/h16,19-25H,7-15H2,1-6H3/t16-,19-,20-,21+,22-,23+,24+,25+,27+,28-/m1/s1. The summed E-state index contributed by atoms with van der Waals surface area (Å²) >= 11 is 0. The fourth-order valence-corrected chi connectivity index (χ4v) is 9.32. The van der Waals surface area contributed by atoms with E-state index in [4.69, 9.17) is 14.2 Å². The van der Waals surface area contributed by atoms with Gasteiger partial charge in [-0.2, -0.15) is 0 Å². The van der Waals surface area contributed by atoms with E-state index in [1.807, 2.05) is 0 Å². The first kappa shape index (κ1) is 25.5. The van der Waals surface area contributed by atoms with Crippen molar-refractivity contribution in [3.63, 3.8) is 0 Å². The monoisotopic (exact) mass is 476 g/mol. The number of ether oxygens (including phenoxy) is 3. The molecule has 0 unspecified atom stereocenters. The van der Waals surface area contributed by atoms with E-state index >= 15 is 0 Å². The molecule has 0 bridgehead atoms. The van der Waals surface area contributed by atoms with E-state index in [1.165, 1.54) is 33.8 Å². The Morgan fingerprint density at radius 3 is 2.26 bits per heavy atom. The normalized spacial score (nSPS) is 44.1. The molecule has 0 aromatic carbocycles. The van der Waals surface area contributed by atoms with Crippen molar-refractivity contribution in [2.45, 2.75) is 105 Å². The summed E-state index contributed by atoms with van der Waals surface area (Å²) in [4.78, 5) is 35.9. The van der Waals surface area contributed by atoms with Crippen molar-refractivity contribution in [2.24, 2.45) is 46.3 Å². The molecule has 4 fully saturated rings. The number of fused-ring (bicyclic) bond motifs is 5. The summed E-state index contributed by atoms with van der Waals surface area (Å²) in [5, 5.41) is 0. The Bertz CT molecular complexity index is 809. The molecule has 0 radical (unpaired) electrons. The number of methoxy groups -OCH3 is 1. The third-order valence-corrected chi connectivity index (χ3v) is 10.8. The first-order chi connectivity index (χ1) is 16.0. The van der Waals surface area contributed by atoms with E-state index in [9.17, 15) is 14.4 Å². The molecule has 0 N–H and O–H groups in total. The maximum Gasteiger partial charge on any atom is 0.305 e. The molecule has 4 aliphatic rings. The highest BCUT2D eigenvalue weighted by Crippen LogP contribution is 2.69. The van der Waals surface area contributed by atoms with Crippen molar-refractivity contribution in [3.8, 4) is 0 Å². The second kappa shape index (κ2) is 9.46. The molecule has 0 aliphatic heterocycles. The zero-order valence-electron chi connectivity index (χ0n) is 21.9. The van der Waals surface area contributed by atoms with Gasteiger partial charge < -0.3 is 14.2 Å². The summed E-state index contributed by atoms with van der Waals surface area (Å²) in [5.41, 5.74) is 0.0768. The Morgan fingerprint density at radius 2 is 1.62 bits per heavy atom. The average molecular weight is 477 g/mol. The second-order valence-corrected chi connectivity index (χ2v) is 12.3. The maximum atomic E-state index is 12.3. The smallest absolute Gasteiger partial charge is 0.305 e. The van der Waals surface area contributed by atoms with Crippen LogP contribution in [0.3, 0.4) is 0 Å². The molecule has 6 nitrogen and oxygen atoms in total. The molecule has 0 amide bonds. The minimum Gasteiger partial charge on any atom is -0.469 e. The van der Waals surface area contributed by atoms with Crippen LogP contribution in [-0.2, 0) is 28.6 Å². The minimum absolute atomic E-state index is 0.0419. The van der Waals surface area contributed by atoms with Crippen molar-refractivity contribution in [3.05, 3.63) is 0 Å². The van der Waals surface area contributed by atoms with Crippen molar-refractivity contribution < 1.29 is 28.6 Å². The van der Waals surface area contributed by atoms with Crippen molar-refractivity contribution in [2.75, 3.05) is 7.11 Å². The van der Waals surface area contributed by atoms with Crippen LogP contribution < -0.4 is 0 Å². The average Bonchev–Trinajstić information content (AvgIpc) is 3.12. The summed E-state index contributed by atoms with van der Waals surface area (Å²) in [6.45, 7) is 10.0. The first-order valence-electron chi connectivity index (χ1n) is 13.4. The molecule has 0 saturated heterocycles.